The number of benzene rings is 1. The van der Waals surface area contributed by atoms with Gasteiger partial charge in [0.15, 0.2) is 11.5 Å². The minimum Gasteiger partial charge on any atom is -0.449 e. The summed E-state index contributed by atoms with van der Waals surface area (Å²) in [6.45, 7) is 3.73. The van der Waals surface area contributed by atoms with Gasteiger partial charge >= 0.3 is 0 Å². The fourth-order valence-electron chi connectivity index (χ4n) is 1.24. The highest BCUT2D eigenvalue weighted by Gasteiger charge is 2.31. The van der Waals surface area contributed by atoms with Crippen molar-refractivity contribution in [3.8, 4) is 11.5 Å². The van der Waals surface area contributed by atoms with E-state index in [0.717, 1.165) is 11.5 Å². The zero-order valence-electron chi connectivity index (χ0n) is 7.13. The zero-order chi connectivity index (χ0) is 8.77. The molecule has 0 spiro atoms. The summed E-state index contributed by atoms with van der Waals surface area (Å²) in [4.78, 5) is 0. The van der Waals surface area contributed by atoms with Crippen LogP contribution in [-0.4, -0.2) is 5.79 Å². The van der Waals surface area contributed by atoms with E-state index in [1.165, 1.54) is 0 Å². The molecule has 3 nitrogen and oxygen atoms in total. The van der Waals surface area contributed by atoms with Crippen LogP contribution in [0.3, 0.4) is 0 Å². The number of rotatable bonds is 0. The molecule has 64 valence electrons. The van der Waals surface area contributed by atoms with Crippen LogP contribution in [0.25, 0.3) is 0 Å². The van der Waals surface area contributed by atoms with Crippen molar-refractivity contribution in [1.29, 1.82) is 0 Å². The quantitative estimate of drug-likeness (QED) is 0.596. The predicted molar refractivity (Wildman–Crippen MR) is 46.2 cm³/mol. The van der Waals surface area contributed by atoms with Crippen LogP contribution in [-0.2, 0) is 0 Å². The Kier molecular flexibility index (Phi) is 1.25. The summed E-state index contributed by atoms with van der Waals surface area (Å²) in [7, 11) is 0. The highest BCUT2D eigenvalue weighted by Crippen LogP contribution is 2.39. The second-order valence-electron chi connectivity index (χ2n) is 3.31. The van der Waals surface area contributed by atoms with Crippen LogP contribution in [0.4, 0.5) is 5.69 Å². The van der Waals surface area contributed by atoms with E-state index in [9.17, 15) is 0 Å². The van der Waals surface area contributed by atoms with Crippen molar-refractivity contribution in [2.75, 3.05) is 5.73 Å². The van der Waals surface area contributed by atoms with E-state index in [2.05, 4.69) is 0 Å². The molecule has 1 aromatic carbocycles. The molecule has 0 aromatic heterocycles. The Balaban J connectivity index is 2.43. The van der Waals surface area contributed by atoms with Gasteiger partial charge in [0.2, 0.25) is 5.79 Å². The van der Waals surface area contributed by atoms with E-state index in [0.29, 0.717) is 5.69 Å². The van der Waals surface area contributed by atoms with Crippen molar-refractivity contribution in [1.82, 2.24) is 0 Å². The van der Waals surface area contributed by atoms with Crippen LogP contribution in [0.1, 0.15) is 13.8 Å². The smallest absolute Gasteiger partial charge is 0.246 e. The van der Waals surface area contributed by atoms with Gasteiger partial charge in [-0.1, -0.05) is 0 Å². The van der Waals surface area contributed by atoms with Crippen LogP contribution in [0, 0.1) is 0 Å². The average molecular weight is 165 g/mol. The predicted octanol–water partition coefficient (Wildman–Crippen LogP) is 1.78. The Hall–Kier alpha value is -1.38. The molecule has 2 rings (SSSR count). The molecular formula is C9H11NO2. The first-order valence-corrected chi connectivity index (χ1v) is 3.84. The summed E-state index contributed by atoms with van der Waals surface area (Å²) in [5, 5.41) is 0. The van der Waals surface area contributed by atoms with Crippen molar-refractivity contribution in [2.45, 2.75) is 19.6 Å². The molecular weight excluding hydrogens is 154 g/mol. The fourth-order valence-corrected chi connectivity index (χ4v) is 1.24. The molecule has 3 heteroatoms. The highest BCUT2D eigenvalue weighted by molar-refractivity contribution is 5.53. The van der Waals surface area contributed by atoms with E-state index >= 15 is 0 Å². The maximum atomic E-state index is 5.58. The lowest BCUT2D eigenvalue weighted by atomic mass is 10.3. The van der Waals surface area contributed by atoms with E-state index < -0.39 is 5.79 Å². The molecule has 1 aliphatic rings. The van der Waals surface area contributed by atoms with Crippen LogP contribution >= 0.6 is 0 Å². The lowest BCUT2D eigenvalue weighted by molar-refractivity contribution is -0.0431. The van der Waals surface area contributed by atoms with Gasteiger partial charge in [-0.3, -0.25) is 0 Å². The van der Waals surface area contributed by atoms with E-state index in [-0.39, 0.29) is 0 Å². The van der Waals surface area contributed by atoms with Crippen molar-refractivity contribution in [3.05, 3.63) is 18.2 Å². The Morgan fingerprint density at radius 3 is 2.58 bits per heavy atom. The van der Waals surface area contributed by atoms with E-state index in [4.69, 9.17) is 15.2 Å². The third kappa shape index (κ3) is 1.07. The van der Waals surface area contributed by atoms with Gasteiger partial charge < -0.3 is 15.2 Å². The molecule has 0 aliphatic carbocycles. The summed E-state index contributed by atoms with van der Waals surface area (Å²) in [5.41, 5.74) is 6.27. The third-order valence-electron chi connectivity index (χ3n) is 1.68. The molecule has 0 radical (unpaired) electrons. The van der Waals surface area contributed by atoms with Gasteiger partial charge in [-0.15, -0.1) is 0 Å². The first-order chi connectivity index (χ1) is 5.57. The molecule has 0 atom stereocenters. The molecule has 0 saturated heterocycles. The van der Waals surface area contributed by atoms with Crippen LogP contribution < -0.4 is 15.2 Å². The van der Waals surface area contributed by atoms with Crippen molar-refractivity contribution < 1.29 is 9.47 Å². The molecule has 12 heavy (non-hydrogen) atoms. The Bertz CT molecular complexity index is 320. The molecule has 0 amide bonds. The van der Waals surface area contributed by atoms with Crippen molar-refractivity contribution in [2.24, 2.45) is 0 Å². The largest absolute Gasteiger partial charge is 0.449 e. The maximum absolute atomic E-state index is 5.58. The molecule has 1 aliphatic heterocycles. The SMILES string of the molecule is CC1(C)Oc2ccc(N)cc2O1. The topological polar surface area (TPSA) is 44.5 Å². The van der Waals surface area contributed by atoms with Gasteiger partial charge in [-0.2, -0.15) is 0 Å². The first-order valence-electron chi connectivity index (χ1n) is 3.84. The van der Waals surface area contributed by atoms with E-state index in [1.807, 2.05) is 19.9 Å². The van der Waals surface area contributed by atoms with Gasteiger partial charge in [0.05, 0.1) is 0 Å². The Morgan fingerprint density at radius 2 is 1.83 bits per heavy atom. The molecule has 0 unspecified atom stereocenters. The normalized spacial score (nSPS) is 17.8. The number of hydrogen-bond donors (Lipinski definition) is 1. The summed E-state index contributed by atoms with van der Waals surface area (Å²) >= 11 is 0. The molecule has 0 bridgehead atoms. The van der Waals surface area contributed by atoms with Crippen LogP contribution in [0.15, 0.2) is 18.2 Å². The molecule has 1 aromatic rings. The molecule has 1 heterocycles. The second kappa shape index (κ2) is 2.06. The maximum Gasteiger partial charge on any atom is 0.246 e. The van der Waals surface area contributed by atoms with Crippen molar-refractivity contribution >= 4 is 5.69 Å². The van der Waals surface area contributed by atoms with Crippen LogP contribution in [0.5, 0.6) is 11.5 Å². The van der Waals surface area contributed by atoms with Gasteiger partial charge in [0.1, 0.15) is 0 Å². The minimum atomic E-state index is -0.559. The van der Waals surface area contributed by atoms with Gasteiger partial charge in [-0.05, 0) is 12.1 Å². The molecule has 0 fully saturated rings. The third-order valence-corrected chi connectivity index (χ3v) is 1.68. The lowest BCUT2D eigenvalue weighted by Gasteiger charge is -2.16. The average Bonchev–Trinajstić information content (AvgIpc) is 2.21. The standard InChI is InChI=1S/C9H11NO2/c1-9(2)11-7-4-3-6(10)5-8(7)12-9/h3-5H,10H2,1-2H3. The monoisotopic (exact) mass is 165 g/mol. The Labute approximate surface area is 71.1 Å². The first kappa shape index (κ1) is 7.28. The molecule has 2 N–H and O–H groups in total. The minimum absolute atomic E-state index is 0.559. The number of hydrogen-bond acceptors (Lipinski definition) is 3. The lowest BCUT2D eigenvalue weighted by Crippen LogP contribution is -2.29. The van der Waals surface area contributed by atoms with Crippen LogP contribution in [0.2, 0.25) is 0 Å². The number of fused-ring (bicyclic) bond motifs is 1. The highest BCUT2D eigenvalue weighted by atomic mass is 16.7. The summed E-state index contributed by atoms with van der Waals surface area (Å²) in [5.74, 6) is 0.921. The number of nitrogens with two attached hydrogens (primary N) is 1. The second-order valence-corrected chi connectivity index (χ2v) is 3.31. The molecule has 0 saturated carbocycles. The van der Waals surface area contributed by atoms with Gasteiger partial charge in [0, 0.05) is 25.6 Å². The summed E-state index contributed by atoms with van der Waals surface area (Å²) < 4.78 is 10.9. The number of nitrogen functional groups attached to an aromatic ring is 1. The number of anilines is 1. The summed E-state index contributed by atoms with van der Waals surface area (Å²) in [6, 6.07) is 5.38. The summed E-state index contributed by atoms with van der Waals surface area (Å²) in [6.07, 6.45) is 0. The van der Waals surface area contributed by atoms with E-state index in [1.54, 1.807) is 12.1 Å². The fraction of sp³-hybridized carbons (Fsp3) is 0.333. The van der Waals surface area contributed by atoms with Crippen molar-refractivity contribution in [3.63, 3.8) is 0 Å². The zero-order valence-corrected chi connectivity index (χ0v) is 7.13. The Morgan fingerprint density at radius 1 is 1.17 bits per heavy atom. The van der Waals surface area contributed by atoms with Gasteiger partial charge in [0.25, 0.3) is 0 Å². The number of ether oxygens (including phenoxy) is 2. The van der Waals surface area contributed by atoms with Gasteiger partial charge in [-0.25, -0.2) is 0 Å².